The van der Waals surface area contributed by atoms with Crippen LogP contribution in [0.2, 0.25) is 0 Å². The summed E-state index contributed by atoms with van der Waals surface area (Å²) in [6, 6.07) is 0.0215. The molecule has 0 heterocycles. The molecule has 3 nitrogen and oxygen atoms in total. The van der Waals surface area contributed by atoms with Crippen molar-refractivity contribution in [1.29, 1.82) is 0 Å². The zero-order valence-corrected chi connectivity index (χ0v) is 10.0. The highest BCUT2D eigenvalue weighted by atomic mass is 35.5. The van der Waals surface area contributed by atoms with Gasteiger partial charge in [0.05, 0.1) is 5.75 Å². The zero-order chi connectivity index (χ0) is 10.5. The Hall–Kier alpha value is 0.200. The molecule has 0 bridgehead atoms. The topological polar surface area (TPSA) is 37.4 Å². The second kappa shape index (κ2) is 5.83. The van der Waals surface area contributed by atoms with E-state index in [1.807, 2.05) is 13.8 Å². The van der Waals surface area contributed by atoms with Gasteiger partial charge in [0.1, 0.15) is 0 Å². The summed E-state index contributed by atoms with van der Waals surface area (Å²) in [4.78, 5) is 0. The maximum absolute atomic E-state index is 11.5. The van der Waals surface area contributed by atoms with E-state index in [4.69, 9.17) is 11.6 Å². The third kappa shape index (κ3) is 4.29. The van der Waals surface area contributed by atoms with E-state index in [1.54, 1.807) is 6.92 Å². The zero-order valence-electron chi connectivity index (χ0n) is 8.46. The number of hydrogen-bond acceptors (Lipinski definition) is 2. The Morgan fingerprint density at radius 1 is 1.38 bits per heavy atom. The van der Waals surface area contributed by atoms with Crippen LogP contribution in [-0.4, -0.2) is 36.9 Å². The molecule has 0 amide bonds. The van der Waals surface area contributed by atoms with Gasteiger partial charge in [-0.15, -0.1) is 11.6 Å². The largest absolute Gasteiger partial charge is 0.214 e. The van der Waals surface area contributed by atoms with Crippen molar-refractivity contribution < 1.29 is 8.42 Å². The number of nitrogens with zero attached hydrogens (tertiary/aromatic N) is 1. The quantitative estimate of drug-likeness (QED) is 0.648. The first kappa shape index (κ1) is 13.2. The fraction of sp³-hybridized carbons (Fsp3) is 1.00. The average molecular weight is 228 g/mol. The van der Waals surface area contributed by atoms with Crippen LogP contribution < -0.4 is 0 Å². The first-order valence-electron chi connectivity index (χ1n) is 4.51. The van der Waals surface area contributed by atoms with E-state index in [9.17, 15) is 8.42 Å². The lowest BCUT2D eigenvalue weighted by Crippen LogP contribution is -2.38. The number of alkyl halides is 1. The summed E-state index contributed by atoms with van der Waals surface area (Å²) in [6.07, 6.45) is 0.707. The summed E-state index contributed by atoms with van der Waals surface area (Å²) in [6.45, 7) is 5.94. The lowest BCUT2D eigenvalue weighted by Gasteiger charge is -2.24. The summed E-state index contributed by atoms with van der Waals surface area (Å²) in [5.41, 5.74) is 0. The van der Waals surface area contributed by atoms with Gasteiger partial charge < -0.3 is 0 Å². The predicted molar refractivity (Wildman–Crippen MR) is 56.6 cm³/mol. The molecule has 0 fully saturated rings. The van der Waals surface area contributed by atoms with Gasteiger partial charge >= 0.3 is 0 Å². The highest BCUT2D eigenvalue weighted by Crippen LogP contribution is 2.08. The Kier molecular flexibility index (Phi) is 5.92. The van der Waals surface area contributed by atoms with Crippen LogP contribution in [0.5, 0.6) is 0 Å². The first-order valence-corrected chi connectivity index (χ1v) is 6.65. The van der Waals surface area contributed by atoms with E-state index in [-0.39, 0.29) is 11.8 Å². The van der Waals surface area contributed by atoms with Crippen LogP contribution in [-0.2, 0) is 10.0 Å². The molecule has 0 aromatic carbocycles. The molecule has 0 rings (SSSR count). The molecule has 0 N–H and O–H groups in total. The normalized spacial score (nSPS) is 12.8. The van der Waals surface area contributed by atoms with Crippen molar-refractivity contribution in [2.75, 3.05) is 18.2 Å². The lowest BCUT2D eigenvalue weighted by atomic mass is 10.4. The molecular formula is C8H18ClNO2S. The van der Waals surface area contributed by atoms with Crippen LogP contribution in [0.3, 0.4) is 0 Å². The molecule has 5 heteroatoms. The van der Waals surface area contributed by atoms with Crippen molar-refractivity contribution in [2.45, 2.75) is 33.2 Å². The summed E-state index contributed by atoms with van der Waals surface area (Å²) < 4.78 is 24.6. The number of hydrogen-bond donors (Lipinski definition) is 0. The fourth-order valence-electron chi connectivity index (χ4n) is 1.10. The van der Waals surface area contributed by atoms with Crippen molar-refractivity contribution in [3.05, 3.63) is 0 Å². The third-order valence-corrected chi connectivity index (χ3v) is 4.13. The van der Waals surface area contributed by atoms with Gasteiger partial charge in [0.2, 0.25) is 10.0 Å². The van der Waals surface area contributed by atoms with Gasteiger partial charge in [-0.2, -0.15) is 4.31 Å². The highest BCUT2D eigenvalue weighted by molar-refractivity contribution is 7.89. The summed E-state index contributed by atoms with van der Waals surface area (Å²) in [5.74, 6) is 0.663. The Morgan fingerprint density at radius 2 is 1.92 bits per heavy atom. The number of sulfonamides is 1. The SMILES string of the molecule is CCS(=O)(=O)N(CCCCl)C(C)C. The molecule has 0 spiro atoms. The van der Waals surface area contributed by atoms with Gasteiger partial charge in [0.15, 0.2) is 0 Å². The van der Waals surface area contributed by atoms with E-state index in [2.05, 4.69) is 0 Å². The van der Waals surface area contributed by atoms with Gasteiger partial charge in [-0.1, -0.05) is 0 Å². The van der Waals surface area contributed by atoms with Crippen LogP contribution in [0.15, 0.2) is 0 Å². The van der Waals surface area contributed by atoms with Crippen LogP contribution in [0, 0.1) is 0 Å². The van der Waals surface area contributed by atoms with Crippen molar-refractivity contribution >= 4 is 21.6 Å². The van der Waals surface area contributed by atoms with Crippen LogP contribution >= 0.6 is 11.6 Å². The molecular weight excluding hydrogens is 210 g/mol. The Balaban J connectivity index is 4.43. The standard InChI is InChI=1S/C8H18ClNO2S/c1-4-13(11,12)10(8(2)3)7-5-6-9/h8H,4-7H2,1-3H3. The van der Waals surface area contributed by atoms with Crippen LogP contribution in [0.25, 0.3) is 0 Å². The van der Waals surface area contributed by atoms with E-state index >= 15 is 0 Å². The van der Waals surface area contributed by atoms with Gasteiger partial charge in [0.25, 0.3) is 0 Å². The minimum atomic E-state index is -3.06. The smallest absolute Gasteiger partial charge is 0.212 e. The van der Waals surface area contributed by atoms with Crippen LogP contribution in [0.1, 0.15) is 27.2 Å². The molecule has 0 aliphatic carbocycles. The molecule has 13 heavy (non-hydrogen) atoms. The molecule has 0 aromatic rings. The molecule has 0 radical (unpaired) electrons. The predicted octanol–water partition coefficient (Wildman–Crippen LogP) is 1.68. The number of rotatable bonds is 6. The van der Waals surface area contributed by atoms with E-state index in [0.717, 1.165) is 0 Å². The van der Waals surface area contributed by atoms with Gasteiger partial charge in [-0.25, -0.2) is 8.42 Å². The second-order valence-corrected chi connectivity index (χ2v) is 5.74. The first-order chi connectivity index (χ1) is 5.95. The highest BCUT2D eigenvalue weighted by Gasteiger charge is 2.21. The lowest BCUT2D eigenvalue weighted by molar-refractivity contribution is 0.355. The molecule has 0 aliphatic rings. The maximum atomic E-state index is 11.5. The molecule has 80 valence electrons. The van der Waals surface area contributed by atoms with Gasteiger partial charge in [-0.05, 0) is 27.2 Å². The van der Waals surface area contributed by atoms with Crippen molar-refractivity contribution in [3.63, 3.8) is 0 Å². The molecule has 0 atom stereocenters. The molecule has 0 aromatic heterocycles. The average Bonchev–Trinajstić information content (AvgIpc) is 2.04. The summed E-state index contributed by atoms with van der Waals surface area (Å²) >= 11 is 5.52. The monoisotopic (exact) mass is 227 g/mol. The molecule has 0 saturated carbocycles. The minimum absolute atomic E-state index is 0.0215. The molecule has 0 saturated heterocycles. The van der Waals surface area contributed by atoms with Crippen molar-refractivity contribution in [2.24, 2.45) is 0 Å². The third-order valence-electron chi connectivity index (χ3n) is 1.81. The molecule has 0 unspecified atom stereocenters. The summed E-state index contributed by atoms with van der Waals surface area (Å²) in [5, 5.41) is 0. The fourth-order valence-corrected chi connectivity index (χ4v) is 2.60. The van der Waals surface area contributed by atoms with E-state index in [0.29, 0.717) is 18.8 Å². The van der Waals surface area contributed by atoms with Crippen molar-refractivity contribution in [1.82, 2.24) is 4.31 Å². The summed E-state index contributed by atoms with van der Waals surface area (Å²) in [7, 11) is -3.06. The second-order valence-electron chi connectivity index (χ2n) is 3.15. The maximum Gasteiger partial charge on any atom is 0.214 e. The van der Waals surface area contributed by atoms with Gasteiger partial charge in [0, 0.05) is 18.5 Å². The Morgan fingerprint density at radius 3 is 2.23 bits per heavy atom. The Bertz CT molecular complexity index is 226. The van der Waals surface area contributed by atoms with Crippen LogP contribution in [0.4, 0.5) is 0 Å². The van der Waals surface area contributed by atoms with Crippen molar-refractivity contribution in [3.8, 4) is 0 Å². The minimum Gasteiger partial charge on any atom is -0.212 e. The van der Waals surface area contributed by atoms with Gasteiger partial charge in [-0.3, -0.25) is 0 Å². The molecule has 0 aliphatic heterocycles. The number of halogens is 1. The van der Waals surface area contributed by atoms with E-state index in [1.165, 1.54) is 4.31 Å². The Labute approximate surface area is 86.1 Å². The van der Waals surface area contributed by atoms with E-state index < -0.39 is 10.0 Å².